The van der Waals surface area contributed by atoms with Crippen LogP contribution in [-0.4, -0.2) is 23.5 Å². The van der Waals surface area contributed by atoms with Crippen molar-refractivity contribution in [2.24, 2.45) is 11.8 Å². The highest BCUT2D eigenvalue weighted by Gasteiger charge is 2.33. The van der Waals surface area contributed by atoms with Gasteiger partial charge < -0.3 is 10.4 Å². The molecule has 4 unspecified atom stereocenters. The third-order valence-corrected chi connectivity index (χ3v) is 5.41. The third kappa shape index (κ3) is 3.91. The lowest BCUT2D eigenvalue weighted by molar-refractivity contribution is -0.115. The molecule has 3 heteroatoms. The molecule has 0 bridgehead atoms. The Morgan fingerprint density at radius 2 is 2.09 bits per heavy atom. The van der Waals surface area contributed by atoms with Crippen molar-refractivity contribution in [1.29, 1.82) is 0 Å². The summed E-state index contributed by atoms with van der Waals surface area (Å²) in [6, 6.07) is 9.59. The second kappa shape index (κ2) is 7.41. The van der Waals surface area contributed by atoms with Crippen molar-refractivity contribution >= 4 is 5.78 Å². The Hall–Kier alpha value is -1.45. The van der Waals surface area contributed by atoms with Gasteiger partial charge in [-0.3, -0.25) is 4.79 Å². The molecule has 2 aliphatic rings. The fourth-order valence-corrected chi connectivity index (χ4v) is 3.98. The fraction of sp³-hybridized carbons (Fsp3) is 0.550. The highest BCUT2D eigenvalue weighted by molar-refractivity contribution is 5.96. The van der Waals surface area contributed by atoms with Gasteiger partial charge in [-0.1, -0.05) is 42.8 Å². The number of rotatable bonds is 7. The van der Waals surface area contributed by atoms with Crippen molar-refractivity contribution in [2.75, 3.05) is 6.54 Å². The molecule has 2 aliphatic carbocycles. The summed E-state index contributed by atoms with van der Waals surface area (Å²) in [5.41, 5.74) is 1.96. The van der Waals surface area contributed by atoms with Gasteiger partial charge in [0.05, 0.1) is 6.10 Å². The Balaban J connectivity index is 1.43. The van der Waals surface area contributed by atoms with Gasteiger partial charge in [-0.05, 0) is 49.2 Å². The van der Waals surface area contributed by atoms with Gasteiger partial charge in [-0.2, -0.15) is 0 Å². The Kier molecular flexibility index (Phi) is 5.29. The predicted octanol–water partition coefficient (Wildman–Crippen LogP) is 3.40. The van der Waals surface area contributed by atoms with E-state index in [1.165, 1.54) is 19.3 Å². The molecule has 0 saturated heterocycles. The number of benzene rings is 1. The van der Waals surface area contributed by atoms with Gasteiger partial charge in [0.1, 0.15) is 0 Å². The summed E-state index contributed by atoms with van der Waals surface area (Å²) in [7, 11) is 0. The van der Waals surface area contributed by atoms with Crippen LogP contribution in [0.3, 0.4) is 0 Å². The Bertz CT molecular complexity index is 566. The van der Waals surface area contributed by atoms with E-state index < -0.39 is 6.10 Å². The summed E-state index contributed by atoms with van der Waals surface area (Å²) in [6.45, 7) is 2.58. The van der Waals surface area contributed by atoms with E-state index in [1.54, 1.807) is 0 Å². The SMILES string of the molecule is CC(NCCC(=O)C1=CC2CCCC2C1)C(O)c1ccccc1. The van der Waals surface area contributed by atoms with E-state index in [0.717, 1.165) is 23.5 Å². The summed E-state index contributed by atoms with van der Waals surface area (Å²) in [4.78, 5) is 12.3. The van der Waals surface area contributed by atoms with Crippen LogP contribution < -0.4 is 5.32 Å². The maximum Gasteiger partial charge on any atom is 0.159 e. The van der Waals surface area contributed by atoms with Crippen molar-refractivity contribution in [2.45, 2.75) is 51.2 Å². The molecular weight excluding hydrogens is 286 g/mol. The first-order valence-electron chi connectivity index (χ1n) is 8.85. The maximum absolute atomic E-state index is 12.3. The first-order valence-corrected chi connectivity index (χ1v) is 8.85. The van der Waals surface area contributed by atoms with Crippen LogP contribution in [0.25, 0.3) is 0 Å². The molecule has 1 aromatic rings. The number of allylic oxidation sites excluding steroid dienone is 2. The van der Waals surface area contributed by atoms with E-state index in [1.807, 2.05) is 37.3 Å². The summed E-state index contributed by atoms with van der Waals surface area (Å²) >= 11 is 0. The topological polar surface area (TPSA) is 49.3 Å². The van der Waals surface area contributed by atoms with Gasteiger partial charge in [0, 0.05) is 19.0 Å². The zero-order valence-electron chi connectivity index (χ0n) is 13.9. The van der Waals surface area contributed by atoms with Gasteiger partial charge >= 0.3 is 0 Å². The van der Waals surface area contributed by atoms with Crippen LogP contribution in [-0.2, 0) is 4.79 Å². The van der Waals surface area contributed by atoms with Crippen LogP contribution in [0, 0.1) is 11.8 Å². The summed E-state index contributed by atoms with van der Waals surface area (Å²) in [6.07, 6.45) is 7.09. The first kappa shape index (κ1) is 16.4. The molecule has 0 heterocycles. The summed E-state index contributed by atoms with van der Waals surface area (Å²) in [5.74, 6) is 1.69. The van der Waals surface area contributed by atoms with Crippen LogP contribution in [0.5, 0.6) is 0 Å². The van der Waals surface area contributed by atoms with E-state index in [9.17, 15) is 9.90 Å². The minimum absolute atomic E-state index is 0.0675. The average molecular weight is 313 g/mol. The number of nitrogens with one attached hydrogen (secondary N) is 1. The molecule has 1 saturated carbocycles. The molecule has 124 valence electrons. The first-order chi connectivity index (χ1) is 11.1. The van der Waals surface area contributed by atoms with Gasteiger partial charge in [0.2, 0.25) is 0 Å². The lowest BCUT2D eigenvalue weighted by Gasteiger charge is -2.20. The lowest BCUT2D eigenvalue weighted by atomic mass is 9.98. The monoisotopic (exact) mass is 313 g/mol. The minimum Gasteiger partial charge on any atom is -0.387 e. The molecule has 0 spiro atoms. The molecule has 3 rings (SSSR count). The molecule has 23 heavy (non-hydrogen) atoms. The van der Waals surface area contributed by atoms with E-state index >= 15 is 0 Å². The molecule has 3 nitrogen and oxygen atoms in total. The Labute approximate surface area is 138 Å². The average Bonchev–Trinajstić information content (AvgIpc) is 3.16. The third-order valence-electron chi connectivity index (χ3n) is 5.41. The van der Waals surface area contributed by atoms with Crippen molar-refractivity contribution in [3.05, 3.63) is 47.5 Å². The normalized spacial score (nSPS) is 25.7. The standard InChI is InChI=1S/C20H27NO2/c1-14(20(23)15-6-3-2-4-7-15)21-11-10-19(22)18-12-16-8-5-9-17(16)13-18/h2-4,6-7,12,14,16-17,20-21,23H,5,8-11,13H2,1H3. The zero-order chi connectivity index (χ0) is 16.2. The molecule has 0 amide bonds. The fourth-order valence-electron chi connectivity index (χ4n) is 3.98. The molecule has 0 aliphatic heterocycles. The number of hydrogen-bond donors (Lipinski definition) is 2. The molecule has 2 N–H and O–H groups in total. The van der Waals surface area contributed by atoms with E-state index in [0.29, 0.717) is 18.9 Å². The summed E-state index contributed by atoms with van der Waals surface area (Å²) < 4.78 is 0. The van der Waals surface area contributed by atoms with Crippen molar-refractivity contribution in [1.82, 2.24) is 5.32 Å². The van der Waals surface area contributed by atoms with Gasteiger partial charge in [0.25, 0.3) is 0 Å². The van der Waals surface area contributed by atoms with Gasteiger partial charge in [0.15, 0.2) is 5.78 Å². The Morgan fingerprint density at radius 1 is 1.30 bits per heavy atom. The van der Waals surface area contributed by atoms with Gasteiger partial charge in [-0.15, -0.1) is 0 Å². The lowest BCUT2D eigenvalue weighted by Crippen LogP contribution is -2.33. The number of carbonyl (C=O) groups excluding carboxylic acids is 1. The number of ketones is 1. The maximum atomic E-state index is 12.3. The van der Waals surface area contributed by atoms with Crippen LogP contribution in [0.4, 0.5) is 0 Å². The number of Topliss-reactive ketones (excluding diaryl/α,β-unsaturated/α-hetero) is 1. The van der Waals surface area contributed by atoms with Crippen molar-refractivity contribution in [3.63, 3.8) is 0 Å². The van der Waals surface area contributed by atoms with Crippen LogP contribution in [0.15, 0.2) is 42.0 Å². The summed E-state index contributed by atoms with van der Waals surface area (Å²) in [5, 5.41) is 13.6. The number of aliphatic hydroxyl groups is 1. The van der Waals surface area contributed by atoms with E-state index in [4.69, 9.17) is 0 Å². The second-order valence-corrected chi connectivity index (χ2v) is 7.02. The van der Waals surface area contributed by atoms with Crippen LogP contribution in [0.2, 0.25) is 0 Å². The molecule has 0 radical (unpaired) electrons. The molecule has 4 atom stereocenters. The van der Waals surface area contributed by atoms with Crippen LogP contribution >= 0.6 is 0 Å². The minimum atomic E-state index is -0.545. The molecule has 1 fully saturated rings. The smallest absolute Gasteiger partial charge is 0.159 e. The van der Waals surface area contributed by atoms with Crippen LogP contribution in [0.1, 0.15) is 50.7 Å². The quantitative estimate of drug-likeness (QED) is 0.811. The molecule has 1 aromatic carbocycles. The zero-order valence-corrected chi connectivity index (χ0v) is 13.9. The van der Waals surface area contributed by atoms with E-state index in [-0.39, 0.29) is 11.8 Å². The van der Waals surface area contributed by atoms with Crippen molar-refractivity contribution in [3.8, 4) is 0 Å². The number of fused-ring (bicyclic) bond motifs is 1. The van der Waals surface area contributed by atoms with Crippen molar-refractivity contribution < 1.29 is 9.90 Å². The Morgan fingerprint density at radius 3 is 2.83 bits per heavy atom. The second-order valence-electron chi connectivity index (χ2n) is 7.02. The highest BCUT2D eigenvalue weighted by Crippen LogP contribution is 2.42. The van der Waals surface area contributed by atoms with E-state index in [2.05, 4.69) is 11.4 Å². The predicted molar refractivity (Wildman–Crippen MR) is 92.0 cm³/mol. The number of hydrogen-bond acceptors (Lipinski definition) is 3. The number of aliphatic hydroxyl groups excluding tert-OH is 1. The largest absolute Gasteiger partial charge is 0.387 e. The molecule has 0 aromatic heterocycles. The van der Waals surface area contributed by atoms with Gasteiger partial charge in [-0.25, -0.2) is 0 Å². The molecular formula is C20H27NO2. The number of carbonyl (C=O) groups is 1. The highest BCUT2D eigenvalue weighted by atomic mass is 16.3.